The number of rotatable bonds is 2. The highest BCUT2D eigenvalue weighted by molar-refractivity contribution is 5.95. The van der Waals surface area contributed by atoms with E-state index in [1.807, 2.05) is 12.1 Å². The molecule has 4 nitrogen and oxygen atoms in total. The van der Waals surface area contributed by atoms with E-state index in [0.717, 1.165) is 0 Å². The molecule has 0 aliphatic carbocycles. The smallest absolute Gasteiger partial charge is 0.241 e. The molecule has 1 aliphatic heterocycles. The number of fused-ring (bicyclic) bond motifs is 1. The first-order chi connectivity index (χ1) is 10.3. The second kappa shape index (κ2) is 5.78. The summed E-state index contributed by atoms with van der Waals surface area (Å²) in [5.41, 5.74) is 3.64. The average molecular weight is 277 g/mol. The number of benzene rings is 2. The molecule has 2 aromatic carbocycles. The van der Waals surface area contributed by atoms with Crippen molar-refractivity contribution in [3.05, 3.63) is 65.2 Å². The quantitative estimate of drug-likeness (QED) is 0.884. The number of nitriles is 1. The van der Waals surface area contributed by atoms with E-state index in [2.05, 4.69) is 28.8 Å². The van der Waals surface area contributed by atoms with Crippen LogP contribution in [0.3, 0.4) is 0 Å². The normalized spacial score (nSPS) is 16.6. The van der Waals surface area contributed by atoms with Gasteiger partial charge in [-0.2, -0.15) is 5.26 Å². The molecule has 0 saturated heterocycles. The van der Waals surface area contributed by atoms with Crippen LogP contribution in [0.25, 0.3) is 0 Å². The molecule has 0 spiro atoms. The molecule has 0 aromatic heterocycles. The zero-order valence-corrected chi connectivity index (χ0v) is 11.5. The van der Waals surface area contributed by atoms with Gasteiger partial charge in [0.1, 0.15) is 0 Å². The number of carbonyl (C=O) groups is 1. The fourth-order valence-corrected chi connectivity index (χ4v) is 2.54. The minimum absolute atomic E-state index is 0.0698. The third-order valence-electron chi connectivity index (χ3n) is 3.66. The molecule has 0 bridgehead atoms. The molecule has 1 atom stereocenters. The van der Waals surface area contributed by atoms with E-state index in [1.54, 1.807) is 24.3 Å². The lowest BCUT2D eigenvalue weighted by molar-refractivity contribution is -0.118. The molecule has 1 aliphatic rings. The third-order valence-corrected chi connectivity index (χ3v) is 3.66. The molecule has 3 rings (SSSR count). The SMILES string of the molecule is N#Cc1cccc(NC(=O)C2Cc3ccccc3CN2)c1. The maximum absolute atomic E-state index is 12.3. The predicted molar refractivity (Wildman–Crippen MR) is 80.6 cm³/mol. The molecular formula is C17H15N3O. The Balaban J connectivity index is 1.71. The summed E-state index contributed by atoms with van der Waals surface area (Å²) in [5.74, 6) is -0.0698. The maximum Gasteiger partial charge on any atom is 0.241 e. The number of hydrogen-bond acceptors (Lipinski definition) is 3. The minimum Gasteiger partial charge on any atom is -0.325 e. The highest BCUT2D eigenvalue weighted by Gasteiger charge is 2.23. The van der Waals surface area contributed by atoms with Gasteiger partial charge in [-0.3, -0.25) is 4.79 Å². The van der Waals surface area contributed by atoms with Crippen molar-refractivity contribution >= 4 is 11.6 Å². The Labute approximate surface area is 123 Å². The van der Waals surface area contributed by atoms with Gasteiger partial charge >= 0.3 is 0 Å². The topological polar surface area (TPSA) is 64.9 Å². The fourth-order valence-electron chi connectivity index (χ4n) is 2.54. The van der Waals surface area contributed by atoms with Crippen LogP contribution in [-0.4, -0.2) is 11.9 Å². The van der Waals surface area contributed by atoms with Gasteiger partial charge in [0.15, 0.2) is 0 Å². The molecule has 21 heavy (non-hydrogen) atoms. The zero-order chi connectivity index (χ0) is 14.7. The first-order valence-electron chi connectivity index (χ1n) is 6.87. The Morgan fingerprint density at radius 2 is 2.00 bits per heavy atom. The van der Waals surface area contributed by atoms with E-state index in [0.29, 0.717) is 24.2 Å². The van der Waals surface area contributed by atoms with Gasteiger partial charge in [0, 0.05) is 12.2 Å². The lowest BCUT2D eigenvalue weighted by atomic mass is 9.95. The van der Waals surface area contributed by atoms with Gasteiger partial charge in [0.25, 0.3) is 0 Å². The highest BCUT2D eigenvalue weighted by atomic mass is 16.2. The molecule has 4 heteroatoms. The molecule has 2 aromatic rings. The summed E-state index contributed by atoms with van der Waals surface area (Å²) in [7, 11) is 0. The minimum atomic E-state index is -0.245. The molecule has 2 N–H and O–H groups in total. The molecule has 0 radical (unpaired) electrons. The molecule has 0 saturated carbocycles. The Morgan fingerprint density at radius 1 is 1.19 bits per heavy atom. The Morgan fingerprint density at radius 3 is 2.81 bits per heavy atom. The molecule has 104 valence electrons. The monoisotopic (exact) mass is 277 g/mol. The molecular weight excluding hydrogens is 262 g/mol. The van der Waals surface area contributed by atoms with E-state index in [9.17, 15) is 4.79 Å². The summed E-state index contributed by atoms with van der Waals surface area (Å²) in [6.45, 7) is 0.701. The number of anilines is 1. The first kappa shape index (κ1) is 13.3. The summed E-state index contributed by atoms with van der Waals surface area (Å²) >= 11 is 0. The van der Waals surface area contributed by atoms with Gasteiger partial charge in [0.2, 0.25) is 5.91 Å². The maximum atomic E-state index is 12.3. The summed E-state index contributed by atoms with van der Waals surface area (Å²) in [5, 5.41) is 15.0. The number of nitrogens with zero attached hydrogens (tertiary/aromatic N) is 1. The van der Waals surface area contributed by atoms with E-state index in [-0.39, 0.29) is 11.9 Å². The van der Waals surface area contributed by atoms with Crippen LogP contribution in [0.1, 0.15) is 16.7 Å². The van der Waals surface area contributed by atoms with Crippen LogP contribution in [0.15, 0.2) is 48.5 Å². The van der Waals surface area contributed by atoms with Gasteiger partial charge in [0.05, 0.1) is 17.7 Å². The largest absolute Gasteiger partial charge is 0.325 e. The third kappa shape index (κ3) is 2.93. The van der Waals surface area contributed by atoms with Crippen molar-refractivity contribution in [1.29, 1.82) is 5.26 Å². The van der Waals surface area contributed by atoms with Crippen molar-refractivity contribution in [2.75, 3.05) is 5.32 Å². The summed E-state index contributed by atoms with van der Waals surface area (Å²) in [6, 6.07) is 16.9. The summed E-state index contributed by atoms with van der Waals surface area (Å²) < 4.78 is 0. The number of amides is 1. The van der Waals surface area contributed by atoms with E-state index in [4.69, 9.17) is 5.26 Å². The lowest BCUT2D eigenvalue weighted by Crippen LogP contribution is -2.44. The standard InChI is InChI=1S/C17H15N3O/c18-10-12-4-3-7-15(8-12)20-17(21)16-9-13-5-1-2-6-14(13)11-19-16/h1-8,16,19H,9,11H2,(H,20,21). The van der Waals surface area contributed by atoms with Crippen molar-refractivity contribution in [3.8, 4) is 6.07 Å². The second-order valence-corrected chi connectivity index (χ2v) is 5.09. The molecule has 0 fully saturated rings. The van der Waals surface area contributed by atoms with Crippen LogP contribution in [0.5, 0.6) is 0 Å². The van der Waals surface area contributed by atoms with Crippen LogP contribution in [0.2, 0.25) is 0 Å². The molecule has 1 amide bonds. The Bertz CT molecular complexity index is 718. The Kier molecular flexibility index (Phi) is 3.67. The van der Waals surface area contributed by atoms with E-state index >= 15 is 0 Å². The van der Waals surface area contributed by atoms with Crippen LogP contribution in [0, 0.1) is 11.3 Å². The van der Waals surface area contributed by atoms with Crippen LogP contribution in [0.4, 0.5) is 5.69 Å². The zero-order valence-electron chi connectivity index (χ0n) is 11.5. The van der Waals surface area contributed by atoms with Gasteiger partial charge in [-0.05, 0) is 35.7 Å². The van der Waals surface area contributed by atoms with Gasteiger partial charge in [-0.15, -0.1) is 0 Å². The van der Waals surface area contributed by atoms with Crippen molar-refractivity contribution in [2.45, 2.75) is 19.0 Å². The van der Waals surface area contributed by atoms with E-state index < -0.39 is 0 Å². The summed E-state index contributed by atoms with van der Waals surface area (Å²) in [4.78, 5) is 12.3. The summed E-state index contributed by atoms with van der Waals surface area (Å²) in [6.07, 6.45) is 0.681. The van der Waals surface area contributed by atoms with Gasteiger partial charge in [-0.1, -0.05) is 30.3 Å². The fraction of sp³-hybridized carbons (Fsp3) is 0.176. The van der Waals surface area contributed by atoms with Crippen molar-refractivity contribution < 1.29 is 4.79 Å². The number of hydrogen-bond donors (Lipinski definition) is 2. The van der Waals surface area contributed by atoms with Crippen molar-refractivity contribution in [3.63, 3.8) is 0 Å². The first-order valence-corrected chi connectivity index (χ1v) is 6.87. The van der Waals surface area contributed by atoms with Crippen LogP contribution < -0.4 is 10.6 Å². The second-order valence-electron chi connectivity index (χ2n) is 5.09. The van der Waals surface area contributed by atoms with Gasteiger partial charge < -0.3 is 10.6 Å². The van der Waals surface area contributed by atoms with Gasteiger partial charge in [-0.25, -0.2) is 0 Å². The van der Waals surface area contributed by atoms with Crippen LogP contribution in [-0.2, 0) is 17.8 Å². The highest BCUT2D eigenvalue weighted by Crippen LogP contribution is 2.17. The van der Waals surface area contributed by atoms with E-state index in [1.165, 1.54) is 11.1 Å². The lowest BCUT2D eigenvalue weighted by Gasteiger charge is -2.25. The number of nitrogens with one attached hydrogen (secondary N) is 2. The Hall–Kier alpha value is -2.64. The molecule has 1 unspecified atom stereocenters. The van der Waals surface area contributed by atoms with Crippen molar-refractivity contribution in [1.82, 2.24) is 5.32 Å². The van der Waals surface area contributed by atoms with Crippen molar-refractivity contribution in [2.24, 2.45) is 0 Å². The van der Waals surface area contributed by atoms with Crippen LogP contribution >= 0.6 is 0 Å². The average Bonchev–Trinajstić information content (AvgIpc) is 2.54. The predicted octanol–water partition coefficient (Wildman–Crippen LogP) is 2.21. The number of carbonyl (C=O) groups excluding carboxylic acids is 1. The molecule has 1 heterocycles.